The number of benzene rings is 2. The molecular weight excluding hydrogens is 1180 g/mol. The zero-order valence-electron chi connectivity index (χ0n) is 55.2. The molecule has 20 aliphatic rings. The van der Waals surface area contributed by atoms with Crippen LogP contribution in [0.2, 0.25) is 0 Å². The topological polar surface area (TPSA) is 3.01 Å². The van der Waals surface area contributed by atoms with E-state index in [0.29, 0.717) is 57.5 Å². The Morgan fingerprint density at radius 3 is 0.874 bits per heavy atom. The molecule has 3 heterocycles. The molecule has 87 heavy (non-hydrogen) atoms. The molecule has 2 aromatic carbocycles. The maximum absolute atomic E-state index is 2.88. The molecule has 2 aromatic rings. The molecule has 3 aliphatic heterocycles. The number of allylic oxidation sites excluding steroid dienone is 16. The summed E-state index contributed by atoms with van der Waals surface area (Å²) >= 11 is 0.944. The van der Waals surface area contributed by atoms with Crippen molar-refractivity contribution in [1.82, 2.24) is 4.58 Å². The normalized spacial score (nSPS) is 42.7. The molecule has 16 bridgehead atoms. The van der Waals surface area contributed by atoms with Gasteiger partial charge in [-0.2, -0.15) is 0 Å². The second-order valence-electron chi connectivity index (χ2n) is 37.9. The first-order valence-electron chi connectivity index (χ1n) is 36.6. The summed E-state index contributed by atoms with van der Waals surface area (Å²) in [5.74, 6) is 12.2. The van der Waals surface area contributed by atoms with Gasteiger partial charge in [0, 0.05) is 0 Å². The molecule has 0 atom stereocenters. The van der Waals surface area contributed by atoms with Crippen LogP contribution in [0.5, 0.6) is 0 Å². The molecule has 17 saturated carbocycles. The van der Waals surface area contributed by atoms with Crippen LogP contribution in [0.25, 0.3) is 11.1 Å². The Morgan fingerprint density at radius 1 is 0.368 bits per heavy atom. The van der Waals surface area contributed by atoms with E-state index in [-0.39, 0.29) is 16.2 Å². The van der Waals surface area contributed by atoms with Crippen molar-refractivity contribution in [2.24, 2.45) is 104 Å². The summed E-state index contributed by atoms with van der Waals surface area (Å²) in [5, 5.41) is 0. The van der Waals surface area contributed by atoms with Crippen LogP contribution in [0.3, 0.4) is 0 Å². The second kappa shape index (κ2) is 19.8. The van der Waals surface area contributed by atoms with Gasteiger partial charge in [-0.15, -0.1) is 0 Å². The monoisotopic (exact) mass is 1290 g/mol. The second-order valence-corrected chi connectivity index (χ2v) is 42.4. The molecule has 22 rings (SSSR count). The Hall–Kier alpha value is -2.93. The van der Waals surface area contributed by atoms with Gasteiger partial charge in [0.25, 0.3) is 0 Å². The van der Waals surface area contributed by atoms with Crippen LogP contribution < -0.4 is 4.58 Å². The molecule has 0 aromatic heterocycles. The van der Waals surface area contributed by atoms with Crippen LogP contribution in [0.15, 0.2) is 125 Å². The third kappa shape index (κ3) is 9.55. The Labute approximate surface area is 539 Å². The molecular formula is C84H106NSe2+. The average molecular weight is 1290 g/mol. The van der Waals surface area contributed by atoms with Gasteiger partial charge in [0.15, 0.2) is 0 Å². The molecule has 17 aliphatic carbocycles. The number of hydrogen-bond acceptors (Lipinski definition) is 0. The fourth-order valence-electron chi connectivity index (χ4n) is 25.7. The van der Waals surface area contributed by atoms with Crippen LogP contribution >= 0.6 is 0 Å². The summed E-state index contributed by atoms with van der Waals surface area (Å²) < 4.78 is 10.6. The van der Waals surface area contributed by atoms with E-state index in [1.54, 1.807) is 22.3 Å². The van der Waals surface area contributed by atoms with Gasteiger partial charge in [-0.3, -0.25) is 0 Å². The van der Waals surface area contributed by atoms with Crippen molar-refractivity contribution in [1.29, 1.82) is 0 Å². The van der Waals surface area contributed by atoms with Crippen LogP contribution in [0, 0.1) is 104 Å². The standard InChI is InChI=1S/C84H106NSe2/c1-78(2,3)66-14-16-71-69(36-66)70-37-67(79(4,5)6)15-17-72(70)85(71)77-64(12-10-50-30-73(81-38-52-18-53(39-81)20-54(19-52)40-81)86-74(31-50)82-41-55-21-56(42-82)23-57(22-55)43-82)34-68(80(7,8)9)35-65(77)13-11-51-32-75(83-44-58-24-59(45-83)26-60(25-58)46-83)87-76(33-51)84-47-61-27-62(48-84)29-63(28-61)49-84/h10-17,30-33,36-37,52-63,68H,18-29,34-35,38-49H2,1-9H3/q+1/b50-10?,51-11?,64-12+,65-13+. The molecule has 17 fully saturated rings. The maximum atomic E-state index is 2.88. The Morgan fingerprint density at radius 2 is 0.632 bits per heavy atom. The number of rotatable bonds is 6. The van der Waals surface area contributed by atoms with E-state index in [1.165, 1.54) is 193 Å². The molecule has 458 valence electrons. The van der Waals surface area contributed by atoms with Crippen molar-refractivity contribution in [2.45, 2.75) is 240 Å². The number of nitrogens with zero attached hydrogens (tertiary/aromatic N) is 1. The van der Waals surface area contributed by atoms with Gasteiger partial charge in [0.05, 0.1) is 0 Å². The van der Waals surface area contributed by atoms with E-state index < -0.39 is 0 Å². The minimum atomic E-state index is 0.0510. The third-order valence-corrected chi connectivity index (χ3v) is 34.8. The molecule has 0 unspecified atom stereocenters. The quantitative estimate of drug-likeness (QED) is 0.171. The number of hydrogen-bond donors (Lipinski definition) is 0. The minimum absolute atomic E-state index is 0.0510. The van der Waals surface area contributed by atoms with Crippen molar-refractivity contribution < 1.29 is 0 Å². The van der Waals surface area contributed by atoms with Crippen molar-refractivity contribution in [2.75, 3.05) is 0 Å². The van der Waals surface area contributed by atoms with Crippen LogP contribution in [0.1, 0.15) is 240 Å². The molecule has 0 spiro atoms. The van der Waals surface area contributed by atoms with Crippen LogP contribution in [-0.4, -0.2) is 35.6 Å². The van der Waals surface area contributed by atoms with Gasteiger partial charge < -0.3 is 0 Å². The number of fused-ring (bicyclic) bond motifs is 3. The van der Waals surface area contributed by atoms with E-state index in [9.17, 15) is 0 Å². The van der Waals surface area contributed by atoms with Gasteiger partial charge in [0.1, 0.15) is 0 Å². The Bertz CT molecular complexity index is 3070. The third-order valence-electron chi connectivity index (χ3n) is 28.3. The summed E-state index contributed by atoms with van der Waals surface area (Å²) in [4.78, 5) is 0. The molecule has 0 N–H and O–H groups in total. The zero-order chi connectivity index (χ0) is 58.9. The van der Waals surface area contributed by atoms with Gasteiger partial charge in [-0.25, -0.2) is 0 Å². The van der Waals surface area contributed by atoms with Crippen molar-refractivity contribution in [3.8, 4) is 11.1 Å². The van der Waals surface area contributed by atoms with E-state index in [2.05, 4.69) is 152 Å². The molecule has 1 nitrogen and oxygen atoms in total. The fraction of sp³-hybridized carbons (Fsp3) is 0.655. The summed E-state index contributed by atoms with van der Waals surface area (Å²) in [7, 11) is 0. The summed E-state index contributed by atoms with van der Waals surface area (Å²) in [6, 6.07) is 15.3. The van der Waals surface area contributed by atoms with Crippen molar-refractivity contribution in [3.05, 3.63) is 136 Å². The molecule has 0 saturated heterocycles. The van der Waals surface area contributed by atoms with Gasteiger partial charge in [-0.05, 0) is 10.8 Å². The first kappa shape index (κ1) is 56.8. The first-order chi connectivity index (χ1) is 41.6. The predicted molar refractivity (Wildman–Crippen MR) is 367 cm³/mol. The van der Waals surface area contributed by atoms with Crippen LogP contribution in [-0.2, 0) is 10.8 Å². The summed E-state index contributed by atoms with van der Waals surface area (Å²) in [6.45, 7) is 22.2. The fourth-order valence-corrected chi connectivity index (χ4v) is 32.3. The predicted octanol–water partition coefficient (Wildman–Crippen LogP) is 21.5. The van der Waals surface area contributed by atoms with Crippen molar-refractivity contribution >= 4 is 47.0 Å². The van der Waals surface area contributed by atoms with Crippen molar-refractivity contribution in [3.63, 3.8) is 0 Å². The van der Waals surface area contributed by atoms with Gasteiger partial charge >= 0.3 is 491 Å². The Kier molecular flexibility index (Phi) is 12.9. The van der Waals surface area contributed by atoms with Gasteiger partial charge in [-0.1, -0.05) is 41.5 Å². The van der Waals surface area contributed by atoms with E-state index >= 15 is 0 Å². The van der Waals surface area contributed by atoms with E-state index in [1.807, 2.05) is 17.9 Å². The summed E-state index contributed by atoms with van der Waals surface area (Å²) in [5.41, 5.74) is 18.3. The summed E-state index contributed by atoms with van der Waals surface area (Å²) in [6.07, 6.45) is 61.0. The SMILES string of the molecule is CC(C)(C)c1ccc2c(c1)-c1cc(C(C)(C)C)ccc1[N+]2=C1/C(=C/C=C2C=C(C34CC5CC(CC(C5)C3)C4)[Se]C(C34CC5CC(CC(C5)C3)C4)=C2)CC(C(C)(C)C)C/C1=C\C=C1C=C(C23CC4CC(CC(C4)C2)C3)[Se]C(C23CC4CC(CC(C4)C2)C3)=C1. The molecule has 0 radical (unpaired) electrons. The Balaban J connectivity index is 0.841. The first-order valence-corrected chi connectivity index (χ1v) is 40.0. The molecule has 3 heteroatoms. The van der Waals surface area contributed by atoms with E-state index in [0.717, 1.165) is 83.9 Å². The van der Waals surface area contributed by atoms with Crippen LogP contribution in [0.4, 0.5) is 11.4 Å². The van der Waals surface area contributed by atoms with E-state index in [4.69, 9.17) is 0 Å². The zero-order valence-corrected chi connectivity index (χ0v) is 58.7. The molecule has 0 amide bonds. The van der Waals surface area contributed by atoms with Gasteiger partial charge in [0.2, 0.25) is 0 Å². The average Bonchev–Trinajstić information content (AvgIpc) is 1.37.